The Hall–Kier alpha value is -2.03. The van der Waals surface area contributed by atoms with Crippen molar-refractivity contribution in [2.75, 3.05) is 6.54 Å². The average Bonchev–Trinajstić information content (AvgIpc) is 2.74. The van der Waals surface area contributed by atoms with Crippen LogP contribution in [-0.4, -0.2) is 17.5 Å². The number of allylic oxidation sites excluding steroid dienone is 3. The van der Waals surface area contributed by atoms with Crippen molar-refractivity contribution in [3.8, 4) is 0 Å². The molecule has 1 aromatic carbocycles. The first-order chi connectivity index (χ1) is 9.91. The molecule has 3 heteroatoms. The van der Waals surface area contributed by atoms with Gasteiger partial charge in [-0.05, 0) is 31.9 Å². The van der Waals surface area contributed by atoms with E-state index in [2.05, 4.69) is 54.8 Å². The molecule has 3 nitrogen and oxygen atoms in total. The highest BCUT2D eigenvalue weighted by Crippen LogP contribution is 2.35. The number of hydrogen-bond acceptors (Lipinski definition) is 2. The zero-order chi connectivity index (χ0) is 15.1. The van der Waals surface area contributed by atoms with E-state index in [0.29, 0.717) is 6.54 Å². The lowest BCUT2D eigenvalue weighted by molar-refractivity contribution is -0.126. The van der Waals surface area contributed by atoms with Gasteiger partial charge in [0, 0.05) is 5.41 Å². The van der Waals surface area contributed by atoms with Gasteiger partial charge in [0.15, 0.2) is 0 Å². The van der Waals surface area contributed by atoms with E-state index in [4.69, 9.17) is 0 Å². The Labute approximate surface area is 126 Å². The second-order valence-electron chi connectivity index (χ2n) is 6.86. The summed E-state index contributed by atoms with van der Waals surface area (Å²) in [7, 11) is 0. The van der Waals surface area contributed by atoms with Crippen LogP contribution >= 0.6 is 0 Å². The van der Waals surface area contributed by atoms with Gasteiger partial charge in [0.2, 0.25) is 5.91 Å². The molecular formula is C18H22N2O. The monoisotopic (exact) mass is 282 g/mol. The van der Waals surface area contributed by atoms with Gasteiger partial charge in [-0.3, -0.25) is 15.2 Å². The first kappa shape index (κ1) is 13.9. The quantitative estimate of drug-likeness (QED) is 0.903. The summed E-state index contributed by atoms with van der Waals surface area (Å²) >= 11 is 0. The fraction of sp³-hybridized carbons (Fsp3) is 0.389. The summed E-state index contributed by atoms with van der Waals surface area (Å²) in [5, 5.41) is 1.96. The number of hydrogen-bond donors (Lipinski definition) is 1. The number of nitrogens with one attached hydrogen (secondary N) is 1. The van der Waals surface area contributed by atoms with E-state index in [0.717, 1.165) is 12.1 Å². The minimum Gasteiger partial charge on any atom is -0.285 e. The van der Waals surface area contributed by atoms with Gasteiger partial charge in [-0.25, -0.2) is 0 Å². The van der Waals surface area contributed by atoms with Crippen LogP contribution < -0.4 is 5.43 Å². The molecule has 3 rings (SSSR count). The van der Waals surface area contributed by atoms with Crippen molar-refractivity contribution in [2.24, 2.45) is 5.41 Å². The largest absolute Gasteiger partial charge is 0.285 e. The van der Waals surface area contributed by atoms with Crippen molar-refractivity contribution in [2.45, 2.75) is 32.6 Å². The lowest BCUT2D eigenvalue weighted by atomic mass is 9.77. The third-order valence-electron chi connectivity index (χ3n) is 4.51. The molecule has 0 bridgehead atoms. The van der Waals surface area contributed by atoms with Crippen LogP contribution in [0.25, 0.3) is 0 Å². The van der Waals surface area contributed by atoms with Crippen LogP contribution in [0.4, 0.5) is 0 Å². The van der Waals surface area contributed by atoms with Gasteiger partial charge < -0.3 is 0 Å². The zero-order valence-electron chi connectivity index (χ0n) is 12.9. The fourth-order valence-corrected chi connectivity index (χ4v) is 2.89. The summed E-state index contributed by atoms with van der Waals surface area (Å²) in [6.07, 6.45) is 7.53. The summed E-state index contributed by atoms with van der Waals surface area (Å²) in [5.74, 6) is 0.0909. The Bertz CT molecular complexity index is 615. The predicted octanol–water partition coefficient (Wildman–Crippen LogP) is 3.16. The minimum atomic E-state index is -0.325. The van der Waals surface area contributed by atoms with Crippen molar-refractivity contribution in [1.82, 2.24) is 10.4 Å². The molecule has 1 saturated heterocycles. The molecule has 0 radical (unpaired) electrons. The van der Waals surface area contributed by atoms with Gasteiger partial charge in [0.25, 0.3) is 0 Å². The van der Waals surface area contributed by atoms with E-state index in [1.165, 1.54) is 5.56 Å². The van der Waals surface area contributed by atoms with E-state index < -0.39 is 0 Å². The number of carbonyl (C=O) groups is 1. The van der Waals surface area contributed by atoms with Crippen molar-refractivity contribution in [1.29, 1.82) is 0 Å². The van der Waals surface area contributed by atoms with E-state index >= 15 is 0 Å². The van der Waals surface area contributed by atoms with Crippen LogP contribution in [0.5, 0.6) is 0 Å². The van der Waals surface area contributed by atoms with Gasteiger partial charge in [-0.2, -0.15) is 0 Å². The van der Waals surface area contributed by atoms with E-state index in [1.807, 2.05) is 24.9 Å². The lowest BCUT2D eigenvalue weighted by Gasteiger charge is -2.31. The summed E-state index contributed by atoms with van der Waals surface area (Å²) in [4.78, 5) is 11.9. The topological polar surface area (TPSA) is 32.3 Å². The molecule has 0 aromatic heterocycles. The first-order valence-electron chi connectivity index (χ1n) is 7.44. The van der Waals surface area contributed by atoms with Gasteiger partial charge in [0.05, 0.1) is 17.7 Å². The molecule has 1 N–H and O–H groups in total. The van der Waals surface area contributed by atoms with Gasteiger partial charge in [0.1, 0.15) is 0 Å². The third-order valence-corrected chi connectivity index (χ3v) is 4.51. The first-order valence-corrected chi connectivity index (χ1v) is 7.44. The molecule has 2 aliphatic rings. The number of benzene rings is 1. The highest BCUT2D eigenvalue weighted by atomic mass is 16.2. The molecule has 0 saturated carbocycles. The zero-order valence-corrected chi connectivity index (χ0v) is 12.9. The fourth-order valence-electron chi connectivity index (χ4n) is 2.89. The normalized spacial score (nSPS) is 27.5. The number of amides is 1. The molecule has 1 amide bonds. The maximum atomic E-state index is 11.9. The molecule has 1 atom stereocenters. The van der Waals surface area contributed by atoms with Gasteiger partial charge in [-0.15, -0.1) is 0 Å². The molecule has 1 aliphatic heterocycles. The number of nitrogens with zero attached hydrogens (tertiary/aromatic N) is 1. The van der Waals surface area contributed by atoms with Crippen molar-refractivity contribution in [3.05, 3.63) is 59.8 Å². The van der Waals surface area contributed by atoms with Crippen LogP contribution in [0, 0.1) is 5.41 Å². The third kappa shape index (κ3) is 2.48. The highest BCUT2D eigenvalue weighted by Gasteiger charge is 2.39. The Morgan fingerprint density at radius 1 is 1.14 bits per heavy atom. The molecule has 1 aromatic rings. The van der Waals surface area contributed by atoms with Crippen molar-refractivity contribution >= 4 is 5.91 Å². The predicted molar refractivity (Wildman–Crippen MR) is 84.3 cm³/mol. The smallest absolute Gasteiger partial charge is 0.246 e. The molecular weight excluding hydrogens is 260 g/mol. The van der Waals surface area contributed by atoms with Gasteiger partial charge >= 0.3 is 0 Å². The summed E-state index contributed by atoms with van der Waals surface area (Å²) < 4.78 is 0. The van der Waals surface area contributed by atoms with Crippen LogP contribution in [0.1, 0.15) is 32.8 Å². The molecule has 1 fully saturated rings. The Morgan fingerprint density at radius 3 is 2.38 bits per heavy atom. The number of hydrazine groups is 1. The van der Waals surface area contributed by atoms with E-state index in [9.17, 15) is 4.79 Å². The molecule has 0 spiro atoms. The molecule has 21 heavy (non-hydrogen) atoms. The Kier molecular flexibility index (Phi) is 3.16. The molecule has 110 valence electrons. The average molecular weight is 282 g/mol. The number of carbonyl (C=O) groups excluding carboxylic acids is 1. The van der Waals surface area contributed by atoms with Crippen LogP contribution in [0.3, 0.4) is 0 Å². The molecule has 1 heterocycles. The summed E-state index contributed by atoms with van der Waals surface area (Å²) in [6, 6.07) is 10.5. The summed E-state index contributed by atoms with van der Waals surface area (Å²) in [5.41, 5.74) is 5.07. The standard InChI is InChI=1S/C18H22N2O/c1-17(2)13-20(19-16(17)21)15-9-11-18(3,12-10-15)14-7-5-4-6-8-14/h4-11H,12-13H2,1-3H3,(H,19,21). The molecule has 1 unspecified atom stereocenters. The van der Waals surface area contributed by atoms with E-state index in [-0.39, 0.29) is 16.7 Å². The van der Waals surface area contributed by atoms with Crippen LogP contribution in [0.15, 0.2) is 54.3 Å². The van der Waals surface area contributed by atoms with E-state index in [1.54, 1.807) is 0 Å². The second kappa shape index (κ2) is 4.76. The lowest BCUT2D eigenvalue weighted by Crippen LogP contribution is -2.33. The Morgan fingerprint density at radius 2 is 1.86 bits per heavy atom. The SMILES string of the molecule is CC1(C)CN(C2=CCC(C)(c3ccccc3)C=C2)NC1=O. The van der Waals surface area contributed by atoms with Gasteiger partial charge in [-0.1, -0.05) is 49.4 Å². The van der Waals surface area contributed by atoms with Crippen LogP contribution in [-0.2, 0) is 10.2 Å². The summed E-state index contributed by atoms with van der Waals surface area (Å²) in [6.45, 7) is 6.91. The second-order valence-corrected chi connectivity index (χ2v) is 6.86. The number of rotatable bonds is 2. The van der Waals surface area contributed by atoms with Crippen molar-refractivity contribution in [3.63, 3.8) is 0 Å². The molecule has 1 aliphatic carbocycles. The maximum absolute atomic E-state index is 11.9. The highest BCUT2D eigenvalue weighted by molar-refractivity contribution is 5.83. The maximum Gasteiger partial charge on any atom is 0.246 e. The van der Waals surface area contributed by atoms with Crippen LogP contribution in [0.2, 0.25) is 0 Å². The Balaban J connectivity index is 1.77. The van der Waals surface area contributed by atoms with Crippen molar-refractivity contribution < 1.29 is 4.79 Å². The minimum absolute atomic E-state index is 0.0318.